The van der Waals surface area contributed by atoms with Gasteiger partial charge in [0.15, 0.2) is 0 Å². The Morgan fingerprint density at radius 2 is 2.06 bits per heavy atom. The van der Waals surface area contributed by atoms with E-state index in [1.807, 2.05) is 24.3 Å². The molecular weight excluding hydrogens is 226 g/mol. The Balaban J connectivity index is 1.84. The number of nitrogens with one attached hydrogen (secondary N) is 1. The zero-order valence-corrected chi connectivity index (χ0v) is 10.9. The highest BCUT2D eigenvalue weighted by Crippen LogP contribution is 2.19. The second kappa shape index (κ2) is 5.76. The third-order valence-electron chi connectivity index (χ3n) is 3.19. The molecule has 0 atom stereocenters. The number of rotatable bonds is 6. The lowest BCUT2D eigenvalue weighted by molar-refractivity contribution is -0.121. The van der Waals surface area contributed by atoms with Crippen molar-refractivity contribution in [3.63, 3.8) is 0 Å². The van der Waals surface area contributed by atoms with Gasteiger partial charge in [-0.05, 0) is 44.0 Å². The quantitative estimate of drug-likeness (QED) is 0.753. The lowest BCUT2D eigenvalue weighted by Crippen LogP contribution is -2.31. The minimum atomic E-state index is 0.159. The summed E-state index contributed by atoms with van der Waals surface area (Å²) in [4.78, 5) is 13.8. The number of nitrogens with two attached hydrogens (primary N) is 1. The molecule has 0 aliphatic heterocycles. The highest BCUT2D eigenvalue weighted by Gasteiger charge is 2.23. The van der Waals surface area contributed by atoms with Gasteiger partial charge in [0.1, 0.15) is 0 Å². The van der Waals surface area contributed by atoms with E-state index in [1.165, 1.54) is 0 Å². The molecule has 0 saturated heterocycles. The van der Waals surface area contributed by atoms with E-state index < -0.39 is 0 Å². The molecule has 1 saturated carbocycles. The first-order chi connectivity index (χ1) is 8.69. The number of amides is 1. The largest absolute Gasteiger partial charge is 0.399 e. The van der Waals surface area contributed by atoms with Crippen LogP contribution in [0.2, 0.25) is 0 Å². The van der Waals surface area contributed by atoms with Gasteiger partial charge in [-0.15, -0.1) is 0 Å². The predicted molar refractivity (Wildman–Crippen MR) is 74.5 cm³/mol. The van der Waals surface area contributed by atoms with E-state index >= 15 is 0 Å². The molecule has 4 nitrogen and oxygen atoms in total. The van der Waals surface area contributed by atoms with Gasteiger partial charge in [0, 0.05) is 36.9 Å². The predicted octanol–water partition coefficient (Wildman–Crippen LogP) is 1.76. The Morgan fingerprint density at radius 3 is 2.61 bits per heavy atom. The molecule has 4 heteroatoms. The fourth-order valence-corrected chi connectivity index (χ4v) is 1.92. The summed E-state index contributed by atoms with van der Waals surface area (Å²) in [5.74, 6) is 0.159. The normalized spacial score (nSPS) is 14.3. The first kappa shape index (κ1) is 12.7. The van der Waals surface area contributed by atoms with E-state index in [0.717, 1.165) is 37.3 Å². The Kier molecular flexibility index (Phi) is 4.07. The summed E-state index contributed by atoms with van der Waals surface area (Å²) in [6.45, 7) is 3.73. The topological polar surface area (TPSA) is 58.4 Å². The molecule has 98 valence electrons. The zero-order chi connectivity index (χ0) is 13.0. The van der Waals surface area contributed by atoms with Crippen LogP contribution in [0.4, 0.5) is 11.4 Å². The van der Waals surface area contributed by atoms with E-state index in [-0.39, 0.29) is 5.91 Å². The van der Waals surface area contributed by atoms with E-state index in [1.54, 1.807) is 0 Å². The van der Waals surface area contributed by atoms with Crippen LogP contribution < -0.4 is 16.0 Å². The number of nitrogens with zero attached hydrogens (tertiary/aromatic N) is 1. The molecule has 1 aromatic rings. The molecule has 0 spiro atoms. The van der Waals surface area contributed by atoms with Gasteiger partial charge in [0.05, 0.1) is 0 Å². The maximum absolute atomic E-state index is 11.6. The average molecular weight is 247 g/mol. The minimum absolute atomic E-state index is 0.159. The van der Waals surface area contributed by atoms with Crippen LogP contribution in [-0.2, 0) is 4.79 Å². The molecular formula is C14H21N3O. The summed E-state index contributed by atoms with van der Waals surface area (Å²) in [5, 5.41) is 3.01. The number of hydrogen-bond acceptors (Lipinski definition) is 3. The minimum Gasteiger partial charge on any atom is -0.399 e. The van der Waals surface area contributed by atoms with Crippen LogP contribution in [0.3, 0.4) is 0 Å². The van der Waals surface area contributed by atoms with Gasteiger partial charge in [-0.25, -0.2) is 0 Å². The van der Waals surface area contributed by atoms with Crippen molar-refractivity contribution in [2.75, 3.05) is 23.7 Å². The van der Waals surface area contributed by atoms with Gasteiger partial charge >= 0.3 is 0 Å². The Labute approximate surface area is 108 Å². The molecule has 0 radical (unpaired) electrons. The molecule has 18 heavy (non-hydrogen) atoms. The molecule has 2 rings (SSSR count). The van der Waals surface area contributed by atoms with Crippen molar-refractivity contribution in [1.29, 1.82) is 0 Å². The molecule has 1 fully saturated rings. The highest BCUT2D eigenvalue weighted by molar-refractivity contribution is 5.77. The van der Waals surface area contributed by atoms with Crippen molar-refractivity contribution in [3.05, 3.63) is 24.3 Å². The average Bonchev–Trinajstić information content (AvgIpc) is 3.16. The maximum atomic E-state index is 11.6. The summed E-state index contributed by atoms with van der Waals surface area (Å²) in [6.07, 6.45) is 2.83. The van der Waals surface area contributed by atoms with Gasteiger partial charge in [-0.1, -0.05) is 0 Å². The number of hydrogen-bond donors (Lipinski definition) is 2. The number of anilines is 2. The van der Waals surface area contributed by atoms with Gasteiger partial charge < -0.3 is 16.0 Å². The number of carbonyl (C=O) groups is 1. The second-order valence-electron chi connectivity index (χ2n) is 4.76. The highest BCUT2D eigenvalue weighted by atomic mass is 16.1. The van der Waals surface area contributed by atoms with Crippen molar-refractivity contribution in [2.24, 2.45) is 0 Å². The van der Waals surface area contributed by atoms with Crippen molar-refractivity contribution in [1.82, 2.24) is 5.32 Å². The number of carbonyl (C=O) groups excluding carboxylic acids is 1. The summed E-state index contributed by atoms with van der Waals surface area (Å²) in [7, 11) is 0. The third-order valence-corrected chi connectivity index (χ3v) is 3.19. The monoisotopic (exact) mass is 247 g/mol. The van der Waals surface area contributed by atoms with Crippen LogP contribution in [0.25, 0.3) is 0 Å². The molecule has 0 bridgehead atoms. The van der Waals surface area contributed by atoms with Crippen LogP contribution in [0.15, 0.2) is 24.3 Å². The van der Waals surface area contributed by atoms with Crippen molar-refractivity contribution < 1.29 is 4.79 Å². The first-order valence-corrected chi connectivity index (χ1v) is 6.59. The SMILES string of the molecule is CCN(CCC(=O)NC1CC1)c1ccc(N)cc1. The van der Waals surface area contributed by atoms with Crippen molar-refractivity contribution in [2.45, 2.75) is 32.2 Å². The fraction of sp³-hybridized carbons (Fsp3) is 0.500. The van der Waals surface area contributed by atoms with Crippen LogP contribution in [0.5, 0.6) is 0 Å². The van der Waals surface area contributed by atoms with E-state index in [9.17, 15) is 4.79 Å². The molecule has 1 aromatic carbocycles. The van der Waals surface area contributed by atoms with Crippen molar-refractivity contribution in [3.8, 4) is 0 Å². The molecule has 3 N–H and O–H groups in total. The van der Waals surface area contributed by atoms with Gasteiger partial charge in [0.25, 0.3) is 0 Å². The molecule has 1 aliphatic rings. The fourth-order valence-electron chi connectivity index (χ4n) is 1.92. The van der Waals surface area contributed by atoms with Crippen LogP contribution >= 0.6 is 0 Å². The standard InChI is InChI=1S/C14H21N3O/c1-2-17(13-7-3-11(15)4-8-13)10-9-14(18)16-12-5-6-12/h3-4,7-8,12H,2,5-6,9-10,15H2,1H3,(H,16,18). The number of nitrogen functional groups attached to an aromatic ring is 1. The second-order valence-corrected chi connectivity index (χ2v) is 4.76. The Hall–Kier alpha value is -1.71. The van der Waals surface area contributed by atoms with Gasteiger partial charge in [-0.3, -0.25) is 4.79 Å². The van der Waals surface area contributed by atoms with Crippen LogP contribution in [0.1, 0.15) is 26.2 Å². The lowest BCUT2D eigenvalue weighted by atomic mass is 10.2. The zero-order valence-electron chi connectivity index (χ0n) is 10.9. The number of benzene rings is 1. The van der Waals surface area contributed by atoms with Crippen LogP contribution in [0, 0.1) is 0 Å². The molecule has 0 aromatic heterocycles. The van der Waals surface area contributed by atoms with Crippen molar-refractivity contribution >= 4 is 17.3 Å². The summed E-state index contributed by atoms with van der Waals surface area (Å²) < 4.78 is 0. The Morgan fingerprint density at radius 1 is 1.39 bits per heavy atom. The first-order valence-electron chi connectivity index (χ1n) is 6.59. The van der Waals surface area contributed by atoms with E-state index in [0.29, 0.717) is 12.5 Å². The van der Waals surface area contributed by atoms with E-state index in [4.69, 9.17) is 5.73 Å². The van der Waals surface area contributed by atoms with Gasteiger partial charge in [-0.2, -0.15) is 0 Å². The third kappa shape index (κ3) is 3.65. The summed E-state index contributed by atoms with van der Waals surface area (Å²) in [5.41, 5.74) is 7.55. The molecule has 1 aliphatic carbocycles. The smallest absolute Gasteiger partial charge is 0.221 e. The summed E-state index contributed by atoms with van der Waals surface area (Å²) in [6, 6.07) is 8.23. The lowest BCUT2D eigenvalue weighted by Gasteiger charge is -2.23. The van der Waals surface area contributed by atoms with Crippen LogP contribution in [-0.4, -0.2) is 25.0 Å². The van der Waals surface area contributed by atoms with E-state index in [2.05, 4.69) is 17.1 Å². The molecule has 0 unspecified atom stereocenters. The maximum Gasteiger partial charge on any atom is 0.221 e. The molecule has 1 amide bonds. The summed E-state index contributed by atoms with van der Waals surface area (Å²) >= 11 is 0. The Bertz CT molecular complexity index is 398. The molecule has 0 heterocycles. The van der Waals surface area contributed by atoms with Gasteiger partial charge in [0.2, 0.25) is 5.91 Å².